The number of hydrogen-bond acceptors (Lipinski definition) is 8. The van der Waals surface area contributed by atoms with E-state index in [4.69, 9.17) is 20.8 Å². The van der Waals surface area contributed by atoms with Gasteiger partial charge in [-0.1, -0.05) is 11.6 Å². The molecule has 9 nitrogen and oxygen atoms in total. The molecule has 2 aromatic carbocycles. The molecule has 0 fully saturated rings. The third kappa shape index (κ3) is 4.26. The molecule has 0 bridgehead atoms. The number of nitro benzene ring substituents is 1. The second kappa shape index (κ2) is 8.05. The lowest BCUT2D eigenvalue weighted by Gasteiger charge is -2.16. The van der Waals surface area contributed by atoms with E-state index >= 15 is 0 Å². The maximum atomic E-state index is 12.5. The maximum absolute atomic E-state index is 12.5. The number of carbonyl (C=O) groups excluding carboxylic acids is 1. The van der Waals surface area contributed by atoms with Crippen molar-refractivity contribution in [2.24, 2.45) is 0 Å². The SMILES string of the molecule is CN(C)c1ccc([N+](=O)[O-])cc1C(=O)OCc1nnc(-c2ccc(Cl)cc2)o1. The highest BCUT2D eigenvalue weighted by Crippen LogP contribution is 2.25. The van der Waals surface area contributed by atoms with E-state index < -0.39 is 10.9 Å². The summed E-state index contributed by atoms with van der Waals surface area (Å²) < 4.78 is 10.7. The Morgan fingerprint density at radius 3 is 2.57 bits per heavy atom. The van der Waals surface area contributed by atoms with Crippen molar-refractivity contribution in [3.8, 4) is 11.5 Å². The summed E-state index contributed by atoms with van der Waals surface area (Å²) in [4.78, 5) is 24.5. The minimum atomic E-state index is -0.737. The van der Waals surface area contributed by atoms with E-state index in [0.717, 1.165) is 0 Å². The van der Waals surface area contributed by atoms with E-state index in [1.54, 1.807) is 43.3 Å². The lowest BCUT2D eigenvalue weighted by molar-refractivity contribution is -0.384. The van der Waals surface area contributed by atoms with Crippen LogP contribution in [0.1, 0.15) is 16.2 Å². The molecule has 0 aliphatic rings. The summed E-state index contributed by atoms with van der Waals surface area (Å²) in [5, 5.41) is 19.3. The van der Waals surface area contributed by atoms with Crippen LogP contribution in [0.15, 0.2) is 46.9 Å². The molecule has 0 amide bonds. The molecule has 1 aromatic heterocycles. The minimum Gasteiger partial charge on any atom is -0.452 e. The van der Waals surface area contributed by atoms with Crippen LogP contribution < -0.4 is 4.90 Å². The van der Waals surface area contributed by atoms with Gasteiger partial charge >= 0.3 is 5.97 Å². The van der Waals surface area contributed by atoms with Crippen LogP contribution in [0.2, 0.25) is 5.02 Å². The third-order valence-corrected chi connectivity index (χ3v) is 4.03. The highest BCUT2D eigenvalue weighted by atomic mass is 35.5. The van der Waals surface area contributed by atoms with Gasteiger partial charge in [0.1, 0.15) is 0 Å². The second-order valence-electron chi connectivity index (χ2n) is 5.94. The van der Waals surface area contributed by atoms with Crippen LogP contribution >= 0.6 is 11.6 Å². The van der Waals surface area contributed by atoms with Gasteiger partial charge in [0.05, 0.1) is 16.2 Å². The molecule has 0 aliphatic heterocycles. The number of hydrogen-bond donors (Lipinski definition) is 0. The number of rotatable bonds is 6. The van der Waals surface area contributed by atoms with E-state index in [1.807, 2.05) is 0 Å². The first-order valence-electron chi connectivity index (χ1n) is 8.06. The maximum Gasteiger partial charge on any atom is 0.341 e. The number of esters is 1. The Bertz CT molecular complexity index is 1020. The van der Waals surface area contributed by atoms with Crippen molar-refractivity contribution in [1.82, 2.24) is 10.2 Å². The number of nitro groups is 1. The summed E-state index contributed by atoms with van der Waals surface area (Å²) in [5.41, 5.74) is 1.02. The molecule has 0 atom stereocenters. The van der Waals surface area contributed by atoms with Crippen molar-refractivity contribution in [3.63, 3.8) is 0 Å². The van der Waals surface area contributed by atoms with Gasteiger partial charge in [-0.05, 0) is 30.3 Å². The second-order valence-corrected chi connectivity index (χ2v) is 6.37. The fraction of sp³-hybridized carbons (Fsp3) is 0.167. The van der Waals surface area contributed by atoms with Gasteiger partial charge in [-0.15, -0.1) is 10.2 Å². The van der Waals surface area contributed by atoms with Crippen molar-refractivity contribution < 1.29 is 18.9 Å². The van der Waals surface area contributed by atoms with Gasteiger partial charge in [0.15, 0.2) is 6.61 Å². The minimum absolute atomic E-state index is 0.0663. The summed E-state index contributed by atoms with van der Waals surface area (Å²) in [6.07, 6.45) is 0. The van der Waals surface area contributed by atoms with Crippen molar-refractivity contribution in [2.75, 3.05) is 19.0 Å². The zero-order valence-electron chi connectivity index (χ0n) is 15.0. The van der Waals surface area contributed by atoms with Crippen LogP contribution in [0, 0.1) is 10.1 Å². The monoisotopic (exact) mass is 402 g/mol. The molecule has 0 saturated heterocycles. The predicted octanol–water partition coefficient (Wildman–Crippen LogP) is 3.72. The van der Waals surface area contributed by atoms with E-state index in [-0.39, 0.29) is 29.6 Å². The summed E-state index contributed by atoms with van der Waals surface area (Å²) in [6.45, 7) is -0.269. The van der Waals surface area contributed by atoms with Crippen LogP contribution in [0.3, 0.4) is 0 Å². The molecule has 28 heavy (non-hydrogen) atoms. The van der Waals surface area contributed by atoms with Gasteiger partial charge in [-0.2, -0.15) is 0 Å². The van der Waals surface area contributed by atoms with Gasteiger partial charge in [0, 0.05) is 36.8 Å². The molecule has 0 unspecified atom stereocenters. The van der Waals surface area contributed by atoms with E-state index in [2.05, 4.69) is 10.2 Å². The Labute approximate surface area is 164 Å². The first kappa shape index (κ1) is 19.3. The predicted molar refractivity (Wildman–Crippen MR) is 101 cm³/mol. The molecule has 0 aliphatic carbocycles. The molecule has 10 heteroatoms. The molecular weight excluding hydrogens is 388 g/mol. The molecule has 0 N–H and O–H groups in total. The quantitative estimate of drug-likeness (QED) is 0.348. The molecule has 0 radical (unpaired) electrons. The van der Waals surface area contributed by atoms with Crippen LogP contribution in [-0.4, -0.2) is 35.2 Å². The molecule has 144 valence electrons. The van der Waals surface area contributed by atoms with Crippen molar-refractivity contribution in [1.29, 1.82) is 0 Å². The standard InChI is InChI=1S/C18H15ClN4O5/c1-22(2)15-8-7-13(23(25)26)9-14(15)18(24)27-10-16-20-21-17(28-16)11-3-5-12(19)6-4-11/h3-9H,10H2,1-2H3. The summed E-state index contributed by atoms with van der Waals surface area (Å²) in [5.74, 6) is -0.388. The molecule has 0 spiro atoms. The zero-order valence-corrected chi connectivity index (χ0v) is 15.7. The Balaban J connectivity index is 1.75. The van der Waals surface area contributed by atoms with Gasteiger partial charge < -0.3 is 14.1 Å². The molecule has 3 rings (SSSR count). The first-order valence-corrected chi connectivity index (χ1v) is 8.44. The fourth-order valence-corrected chi connectivity index (χ4v) is 2.54. The van der Waals surface area contributed by atoms with E-state index in [9.17, 15) is 14.9 Å². The van der Waals surface area contributed by atoms with Crippen molar-refractivity contribution >= 4 is 28.9 Å². The Morgan fingerprint density at radius 1 is 1.21 bits per heavy atom. The highest BCUT2D eigenvalue weighted by molar-refractivity contribution is 6.30. The number of non-ortho nitro benzene ring substituents is 1. The Morgan fingerprint density at radius 2 is 1.93 bits per heavy atom. The zero-order chi connectivity index (χ0) is 20.3. The smallest absolute Gasteiger partial charge is 0.341 e. The van der Waals surface area contributed by atoms with Gasteiger partial charge in [0.25, 0.3) is 11.6 Å². The van der Waals surface area contributed by atoms with Crippen molar-refractivity contribution in [2.45, 2.75) is 6.61 Å². The molecule has 1 heterocycles. The lowest BCUT2D eigenvalue weighted by Crippen LogP contribution is -2.16. The third-order valence-electron chi connectivity index (χ3n) is 3.78. The van der Waals surface area contributed by atoms with E-state index in [1.165, 1.54) is 18.2 Å². The van der Waals surface area contributed by atoms with Crippen LogP contribution in [0.25, 0.3) is 11.5 Å². The normalized spacial score (nSPS) is 10.5. The number of benzene rings is 2. The average Bonchev–Trinajstić information content (AvgIpc) is 3.15. The topological polar surface area (TPSA) is 112 Å². The van der Waals surface area contributed by atoms with Gasteiger partial charge in [-0.25, -0.2) is 4.79 Å². The fourth-order valence-electron chi connectivity index (χ4n) is 2.42. The summed E-state index contributed by atoms with van der Waals surface area (Å²) >= 11 is 5.84. The number of carbonyl (C=O) groups is 1. The lowest BCUT2D eigenvalue weighted by atomic mass is 10.1. The largest absolute Gasteiger partial charge is 0.452 e. The number of anilines is 1. The number of halogens is 1. The van der Waals surface area contributed by atoms with E-state index in [0.29, 0.717) is 16.3 Å². The van der Waals surface area contributed by atoms with Crippen molar-refractivity contribution in [3.05, 3.63) is 69.1 Å². The summed E-state index contributed by atoms with van der Waals surface area (Å²) in [6, 6.07) is 10.8. The van der Waals surface area contributed by atoms with Crippen LogP contribution in [0.5, 0.6) is 0 Å². The number of aromatic nitrogens is 2. The Kier molecular flexibility index (Phi) is 5.55. The molecular formula is C18H15ClN4O5. The summed E-state index contributed by atoms with van der Waals surface area (Å²) in [7, 11) is 3.43. The van der Waals surface area contributed by atoms with Crippen LogP contribution in [0.4, 0.5) is 11.4 Å². The molecule has 3 aromatic rings. The van der Waals surface area contributed by atoms with Crippen LogP contribution in [-0.2, 0) is 11.3 Å². The average molecular weight is 403 g/mol. The molecule has 0 saturated carbocycles. The number of nitrogens with zero attached hydrogens (tertiary/aromatic N) is 4. The van der Waals surface area contributed by atoms with Gasteiger partial charge in [0.2, 0.25) is 5.89 Å². The number of ether oxygens (including phenoxy) is 1. The van der Waals surface area contributed by atoms with Gasteiger partial charge in [-0.3, -0.25) is 10.1 Å². The first-order chi connectivity index (χ1) is 13.3. The Hall–Kier alpha value is -3.46. The highest BCUT2D eigenvalue weighted by Gasteiger charge is 2.20.